The number of rotatable bonds is 5. The molecule has 0 heterocycles. The van der Waals surface area contributed by atoms with E-state index in [4.69, 9.17) is 5.11 Å². The predicted octanol–water partition coefficient (Wildman–Crippen LogP) is 2.34. The van der Waals surface area contributed by atoms with Crippen LogP contribution in [0.5, 0.6) is 0 Å². The van der Waals surface area contributed by atoms with Gasteiger partial charge in [-0.1, -0.05) is 12.1 Å². The maximum Gasteiger partial charge on any atom is 0.340 e. The molecule has 0 saturated carbocycles. The molecule has 0 aromatic heterocycles. The second-order valence-electron chi connectivity index (χ2n) is 5.27. The molecule has 0 aliphatic rings. The van der Waals surface area contributed by atoms with Gasteiger partial charge in [-0.2, -0.15) is 0 Å². The van der Waals surface area contributed by atoms with Crippen LogP contribution in [0.1, 0.15) is 32.4 Å². The summed E-state index contributed by atoms with van der Waals surface area (Å²) in [5, 5.41) is 8.79. The zero-order valence-electron chi connectivity index (χ0n) is 11.4. The lowest BCUT2D eigenvalue weighted by molar-refractivity contribution is -0.143. The minimum absolute atomic E-state index is 0.0949. The third-order valence-electron chi connectivity index (χ3n) is 2.53. The molecule has 0 fully saturated rings. The highest BCUT2D eigenvalue weighted by atomic mass is 32.2. The number of hydrogen-bond acceptors (Lipinski definition) is 3. The molecule has 7 heteroatoms. The van der Waals surface area contributed by atoms with Gasteiger partial charge < -0.3 is 9.66 Å². The Bertz CT molecular complexity index is 479. The number of aliphatic carboxylic acids is 1. The molecular formula is C13H17F2NO3S. The van der Waals surface area contributed by atoms with E-state index < -0.39 is 40.1 Å². The van der Waals surface area contributed by atoms with E-state index in [1.807, 2.05) is 0 Å². The molecule has 4 nitrogen and oxygen atoms in total. The summed E-state index contributed by atoms with van der Waals surface area (Å²) in [7, 11) is 0. The lowest BCUT2D eigenvalue weighted by atomic mass is 10.0. The highest BCUT2D eigenvalue weighted by molar-refractivity contribution is 7.90. The van der Waals surface area contributed by atoms with Crippen LogP contribution >= 0.6 is 0 Å². The van der Waals surface area contributed by atoms with Crippen molar-refractivity contribution >= 4 is 17.3 Å². The van der Waals surface area contributed by atoms with Crippen molar-refractivity contribution in [2.45, 2.75) is 37.7 Å². The van der Waals surface area contributed by atoms with Crippen molar-refractivity contribution in [3.8, 4) is 0 Å². The van der Waals surface area contributed by atoms with E-state index >= 15 is 0 Å². The molecule has 0 bridgehead atoms. The van der Waals surface area contributed by atoms with Crippen LogP contribution in [0.3, 0.4) is 0 Å². The Morgan fingerprint density at radius 1 is 1.45 bits per heavy atom. The van der Waals surface area contributed by atoms with Gasteiger partial charge in [-0.15, -0.1) is 4.72 Å². The fourth-order valence-corrected chi connectivity index (χ4v) is 2.27. The number of carboxylic acid groups (broad SMARTS) is 1. The van der Waals surface area contributed by atoms with Crippen molar-refractivity contribution in [2.75, 3.05) is 0 Å². The van der Waals surface area contributed by atoms with Gasteiger partial charge >= 0.3 is 5.97 Å². The molecule has 0 amide bonds. The highest BCUT2D eigenvalue weighted by Gasteiger charge is 2.37. The molecular weight excluding hydrogens is 288 g/mol. The fourth-order valence-electron chi connectivity index (χ4n) is 1.43. The van der Waals surface area contributed by atoms with Gasteiger partial charge in [0.2, 0.25) is 6.17 Å². The molecule has 0 aliphatic heterocycles. The van der Waals surface area contributed by atoms with Crippen LogP contribution in [0.25, 0.3) is 0 Å². The third-order valence-corrected chi connectivity index (χ3v) is 4.11. The van der Waals surface area contributed by atoms with Gasteiger partial charge in [-0.3, -0.25) is 0 Å². The first-order valence-electron chi connectivity index (χ1n) is 5.93. The summed E-state index contributed by atoms with van der Waals surface area (Å²) < 4.78 is 40.8. The summed E-state index contributed by atoms with van der Waals surface area (Å²) in [5.74, 6) is -2.31. The monoisotopic (exact) mass is 305 g/mol. The quantitative estimate of drug-likeness (QED) is 0.819. The molecule has 2 N–H and O–H groups in total. The van der Waals surface area contributed by atoms with E-state index in [2.05, 4.69) is 4.72 Å². The maximum absolute atomic E-state index is 13.8. The molecule has 1 aromatic carbocycles. The number of carboxylic acids is 1. The van der Waals surface area contributed by atoms with Gasteiger partial charge in [-0.25, -0.2) is 13.6 Å². The number of halogens is 2. The van der Waals surface area contributed by atoms with Crippen LogP contribution in [-0.2, 0) is 16.2 Å². The largest absolute Gasteiger partial charge is 0.598 e. The topological polar surface area (TPSA) is 72.4 Å². The molecule has 0 aliphatic carbocycles. The smallest absolute Gasteiger partial charge is 0.340 e. The molecule has 0 radical (unpaired) electrons. The Morgan fingerprint density at radius 3 is 2.50 bits per heavy atom. The molecule has 0 saturated heterocycles. The zero-order chi connectivity index (χ0) is 15.5. The number of nitrogens with one attached hydrogen (secondary N) is 1. The van der Waals surface area contributed by atoms with Gasteiger partial charge in [0.05, 0.1) is 0 Å². The van der Waals surface area contributed by atoms with Gasteiger partial charge in [0, 0.05) is 11.4 Å². The summed E-state index contributed by atoms with van der Waals surface area (Å²) in [6.45, 7) is 4.98. The molecule has 112 valence electrons. The van der Waals surface area contributed by atoms with Gasteiger partial charge in [0.15, 0.2) is 0 Å². The minimum Gasteiger partial charge on any atom is -0.598 e. The van der Waals surface area contributed by atoms with Crippen molar-refractivity contribution in [3.63, 3.8) is 0 Å². The minimum atomic E-state index is -2.33. The number of carbonyl (C=O) groups is 1. The SMILES string of the molecule is CC(C)(C)[S+]([O-])NC(c1cccc(F)c1)C(F)C(=O)O. The van der Waals surface area contributed by atoms with E-state index in [1.54, 1.807) is 20.8 Å². The summed E-state index contributed by atoms with van der Waals surface area (Å²) in [6, 6.07) is 3.52. The number of alkyl halides is 1. The molecule has 20 heavy (non-hydrogen) atoms. The van der Waals surface area contributed by atoms with Crippen molar-refractivity contribution in [3.05, 3.63) is 35.6 Å². The van der Waals surface area contributed by atoms with E-state index in [0.717, 1.165) is 12.1 Å². The van der Waals surface area contributed by atoms with Crippen LogP contribution in [0.15, 0.2) is 24.3 Å². The van der Waals surface area contributed by atoms with E-state index in [1.165, 1.54) is 12.1 Å². The first-order chi connectivity index (χ1) is 9.12. The maximum atomic E-state index is 13.8. The van der Waals surface area contributed by atoms with Gasteiger partial charge in [-0.05, 0) is 38.5 Å². The second-order valence-corrected chi connectivity index (χ2v) is 7.27. The first-order valence-corrected chi connectivity index (χ1v) is 7.08. The Balaban J connectivity index is 3.06. The summed E-state index contributed by atoms with van der Waals surface area (Å²) in [6.07, 6.45) is -2.33. The van der Waals surface area contributed by atoms with Crippen LogP contribution in [0.2, 0.25) is 0 Å². The Morgan fingerprint density at radius 2 is 2.05 bits per heavy atom. The Kier molecular flexibility index (Phi) is 5.50. The van der Waals surface area contributed by atoms with Crippen molar-refractivity contribution < 1.29 is 23.2 Å². The van der Waals surface area contributed by atoms with E-state index in [0.29, 0.717) is 0 Å². The summed E-state index contributed by atoms with van der Waals surface area (Å²) >= 11 is -1.69. The lowest BCUT2D eigenvalue weighted by Gasteiger charge is -2.28. The van der Waals surface area contributed by atoms with E-state index in [9.17, 15) is 18.1 Å². The van der Waals surface area contributed by atoms with Gasteiger partial charge in [0.25, 0.3) is 0 Å². The third kappa shape index (κ3) is 4.43. The summed E-state index contributed by atoms with van der Waals surface area (Å²) in [4.78, 5) is 10.8. The fraction of sp³-hybridized carbons (Fsp3) is 0.462. The average Bonchev–Trinajstić information content (AvgIpc) is 2.33. The van der Waals surface area contributed by atoms with Crippen LogP contribution < -0.4 is 4.72 Å². The van der Waals surface area contributed by atoms with Gasteiger partial charge in [0.1, 0.15) is 16.6 Å². The normalized spacial score (nSPS) is 16.5. The highest BCUT2D eigenvalue weighted by Crippen LogP contribution is 2.25. The van der Waals surface area contributed by atoms with E-state index in [-0.39, 0.29) is 5.56 Å². The zero-order valence-corrected chi connectivity index (χ0v) is 12.2. The standard InChI is InChI=1S/C13H17F2NO3S/c1-13(2,3)20(19)16-11(10(15)12(17)18)8-5-4-6-9(14)7-8/h4-7,10-11,16H,1-3H3,(H,17,18). The van der Waals surface area contributed by atoms with Crippen LogP contribution in [-0.4, -0.2) is 26.5 Å². The molecule has 3 atom stereocenters. The molecule has 1 aromatic rings. The van der Waals surface area contributed by atoms with Crippen molar-refractivity contribution in [1.82, 2.24) is 4.72 Å². The second kappa shape index (κ2) is 6.51. The van der Waals surface area contributed by atoms with Crippen LogP contribution in [0, 0.1) is 5.82 Å². The molecule has 1 rings (SSSR count). The average molecular weight is 305 g/mol. The van der Waals surface area contributed by atoms with Crippen molar-refractivity contribution in [2.24, 2.45) is 0 Å². The lowest BCUT2D eigenvalue weighted by Crippen LogP contribution is -2.45. The predicted molar refractivity (Wildman–Crippen MR) is 72.7 cm³/mol. The summed E-state index contributed by atoms with van der Waals surface area (Å²) in [5.41, 5.74) is 0.0949. The van der Waals surface area contributed by atoms with Crippen LogP contribution in [0.4, 0.5) is 8.78 Å². The first kappa shape index (κ1) is 16.9. The Labute approximate surface area is 119 Å². The van der Waals surface area contributed by atoms with Crippen molar-refractivity contribution in [1.29, 1.82) is 0 Å². The number of hydrogen-bond donors (Lipinski definition) is 2. The molecule has 3 unspecified atom stereocenters. The number of benzene rings is 1. The molecule has 0 spiro atoms. The Hall–Kier alpha value is -1.18.